The van der Waals surface area contributed by atoms with Crippen LogP contribution in [0, 0.1) is 12.3 Å². The number of rotatable bonds is 3. The third-order valence-electron chi connectivity index (χ3n) is 2.32. The first-order valence-electron chi connectivity index (χ1n) is 4.62. The summed E-state index contributed by atoms with van der Waals surface area (Å²) in [6.07, 6.45) is 9.38. The van der Waals surface area contributed by atoms with Crippen LogP contribution in [0.4, 0.5) is 0 Å². The Balaban J connectivity index is 2.88. The van der Waals surface area contributed by atoms with Crippen molar-refractivity contribution in [2.24, 2.45) is 0 Å². The van der Waals surface area contributed by atoms with E-state index >= 15 is 0 Å². The van der Waals surface area contributed by atoms with Gasteiger partial charge in [-0.3, -0.25) is 0 Å². The van der Waals surface area contributed by atoms with Crippen LogP contribution in [0.3, 0.4) is 0 Å². The van der Waals surface area contributed by atoms with Gasteiger partial charge in [0.2, 0.25) is 0 Å². The first-order valence-corrected chi connectivity index (χ1v) is 4.62. The van der Waals surface area contributed by atoms with E-state index in [1.54, 1.807) is 0 Å². The van der Waals surface area contributed by atoms with E-state index in [0.29, 0.717) is 5.82 Å². The van der Waals surface area contributed by atoms with Crippen molar-refractivity contribution in [3.8, 4) is 12.3 Å². The highest BCUT2D eigenvalue weighted by Crippen LogP contribution is 2.26. The van der Waals surface area contributed by atoms with Gasteiger partial charge in [0.25, 0.3) is 0 Å². The van der Waals surface area contributed by atoms with Crippen molar-refractivity contribution >= 4 is 0 Å². The fraction of sp³-hybridized carbons (Fsp3) is 0.545. The second-order valence-electron chi connectivity index (χ2n) is 3.92. The highest BCUT2D eigenvalue weighted by atomic mass is 14.9. The zero-order valence-corrected chi connectivity index (χ0v) is 8.52. The summed E-state index contributed by atoms with van der Waals surface area (Å²) in [5, 5.41) is 0. The average molecular weight is 176 g/mol. The predicted octanol–water partition coefficient (Wildman–Crippen LogP) is 2.47. The maximum Gasteiger partial charge on any atom is 0.182 e. The lowest BCUT2D eigenvalue weighted by molar-refractivity contribution is 0.461. The van der Waals surface area contributed by atoms with Crippen molar-refractivity contribution in [1.82, 2.24) is 9.97 Å². The van der Waals surface area contributed by atoms with Crippen LogP contribution < -0.4 is 0 Å². The summed E-state index contributed by atoms with van der Waals surface area (Å²) in [7, 11) is 0. The molecule has 0 aliphatic heterocycles. The summed E-state index contributed by atoms with van der Waals surface area (Å²) < 4.78 is 0. The van der Waals surface area contributed by atoms with Gasteiger partial charge in [0, 0.05) is 17.3 Å². The summed E-state index contributed by atoms with van der Waals surface area (Å²) in [4.78, 5) is 7.23. The van der Waals surface area contributed by atoms with Gasteiger partial charge in [-0.15, -0.1) is 6.42 Å². The van der Waals surface area contributed by atoms with E-state index in [2.05, 4.69) is 36.7 Å². The van der Waals surface area contributed by atoms with Gasteiger partial charge in [0.1, 0.15) is 0 Å². The molecule has 0 saturated heterocycles. The summed E-state index contributed by atoms with van der Waals surface area (Å²) in [6.45, 7) is 6.58. The minimum absolute atomic E-state index is 0.150. The van der Waals surface area contributed by atoms with E-state index in [-0.39, 0.29) is 5.41 Å². The number of imidazole rings is 1. The van der Waals surface area contributed by atoms with E-state index in [1.165, 1.54) is 0 Å². The van der Waals surface area contributed by atoms with Crippen LogP contribution in [0.2, 0.25) is 0 Å². The number of hydrogen-bond donors (Lipinski definition) is 1. The molecule has 0 spiro atoms. The highest BCUT2D eigenvalue weighted by Gasteiger charge is 2.21. The van der Waals surface area contributed by atoms with E-state index in [0.717, 1.165) is 18.5 Å². The molecule has 0 unspecified atom stereocenters. The normalized spacial score (nSPS) is 11.2. The Kier molecular flexibility index (Phi) is 2.77. The monoisotopic (exact) mass is 176 g/mol. The third kappa shape index (κ3) is 2.12. The Labute approximate surface area is 79.8 Å². The highest BCUT2D eigenvalue weighted by molar-refractivity contribution is 5.21. The molecule has 1 N–H and O–H groups in total. The van der Waals surface area contributed by atoms with Crippen LogP contribution in [0.15, 0.2) is 6.20 Å². The van der Waals surface area contributed by atoms with Gasteiger partial charge in [0.05, 0.1) is 0 Å². The molecule has 0 amide bonds. The molecule has 0 aliphatic rings. The van der Waals surface area contributed by atoms with Crippen LogP contribution in [0.25, 0.3) is 0 Å². The minimum Gasteiger partial charge on any atom is -0.335 e. The van der Waals surface area contributed by atoms with Crippen molar-refractivity contribution < 1.29 is 0 Å². The molecule has 0 bridgehead atoms. The molecule has 0 atom stereocenters. The predicted molar refractivity (Wildman–Crippen MR) is 54.5 cm³/mol. The number of H-pyrrole nitrogens is 1. The summed E-state index contributed by atoms with van der Waals surface area (Å²) >= 11 is 0. The molecular formula is C11H16N2. The minimum atomic E-state index is 0.150. The van der Waals surface area contributed by atoms with Crippen molar-refractivity contribution in [2.45, 2.75) is 39.0 Å². The largest absolute Gasteiger partial charge is 0.335 e. The standard InChI is InChI=1S/C11H16N2/c1-5-7-11(3,4)9-8-12-10(6-2)13-9/h2,8H,5,7H2,1,3-4H3,(H,12,13). The molecule has 0 saturated carbocycles. The summed E-state index contributed by atoms with van der Waals surface area (Å²) in [5.41, 5.74) is 1.28. The summed E-state index contributed by atoms with van der Waals surface area (Å²) in [6, 6.07) is 0. The van der Waals surface area contributed by atoms with E-state index in [1.807, 2.05) is 6.20 Å². The Hall–Kier alpha value is -1.23. The van der Waals surface area contributed by atoms with Gasteiger partial charge >= 0.3 is 0 Å². The van der Waals surface area contributed by atoms with Gasteiger partial charge < -0.3 is 4.98 Å². The van der Waals surface area contributed by atoms with Crippen LogP contribution in [0.5, 0.6) is 0 Å². The van der Waals surface area contributed by atoms with Gasteiger partial charge in [-0.05, 0) is 12.3 Å². The fourth-order valence-electron chi connectivity index (χ4n) is 1.50. The van der Waals surface area contributed by atoms with Crippen molar-refractivity contribution in [3.05, 3.63) is 17.7 Å². The number of nitrogens with zero attached hydrogens (tertiary/aromatic N) is 1. The zero-order valence-electron chi connectivity index (χ0n) is 8.52. The Morgan fingerprint density at radius 1 is 1.62 bits per heavy atom. The first kappa shape index (κ1) is 9.85. The number of aromatic amines is 1. The average Bonchev–Trinajstić information content (AvgIpc) is 2.52. The molecule has 1 aromatic rings. The Bertz CT molecular complexity index is 315. The maximum absolute atomic E-state index is 5.24. The topological polar surface area (TPSA) is 28.7 Å². The molecule has 1 heterocycles. The SMILES string of the molecule is C#Cc1ncc(C(C)(C)CCC)[nH]1. The van der Waals surface area contributed by atoms with E-state index in [9.17, 15) is 0 Å². The van der Waals surface area contributed by atoms with Crippen LogP contribution in [-0.4, -0.2) is 9.97 Å². The van der Waals surface area contributed by atoms with Crippen molar-refractivity contribution in [1.29, 1.82) is 0 Å². The van der Waals surface area contributed by atoms with Gasteiger partial charge in [-0.1, -0.05) is 27.2 Å². The Morgan fingerprint density at radius 2 is 2.31 bits per heavy atom. The number of hydrogen-bond acceptors (Lipinski definition) is 1. The van der Waals surface area contributed by atoms with E-state index < -0.39 is 0 Å². The summed E-state index contributed by atoms with van der Waals surface area (Å²) in [5.74, 6) is 3.12. The maximum atomic E-state index is 5.24. The second-order valence-corrected chi connectivity index (χ2v) is 3.92. The van der Waals surface area contributed by atoms with Gasteiger partial charge in [-0.25, -0.2) is 4.98 Å². The number of aromatic nitrogens is 2. The zero-order chi connectivity index (χ0) is 9.90. The Morgan fingerprint density at radius 3 is 2.77 bits per heavy atom. The van der Waals surface area contributed by atoms with Gasteiger partial charge in [-0.2, -0.15) is 0 Å². The van der Waals surface area contributed by atoms with Crippen LogP contribution in [0.1, 0.15) is 45.1 Å². The van der Waals surface area contributed by atoms with E-state index in [4.69, 9.17) is 6.42 Å². The molecule has 0 aliphatic carbocycles. The van der Waals surface area contributed by atoms with Crippen molar-refractivity contribution in [3.63, 3.8) is 0 Å². The second kappa shape index (κ2) is 3.66. The van der Waals surface area contributed by atoms with Crippen molar-refractivity contribution in [2.75, 3.05) is 0 Å². The first-order chi connectivity index (χ1) is 6.10. The molecule has 70 valence electrons. The van der Waals surface area contributed by atoms with Crippen LogP contribution >= 0.6 is 0 Å². The fourth-order valence-corrected chi connectivity index (χ4v) is 1.50. The molecule has 2 nitrogen and oxygen atoms in total. The molecule has 0 radical (unpaired) electrons. The molecule has 1 aromatic heterocycles. The molecule has 2 heteroatoms. The molecule has 0 fully saturated rings. The third-order valence-corrected chi connectivity index (χ3v) is 2.32. The lowest BCUT2D eigenvalue weighted by atomic mass is 9.85. The lowest BCUT2D eigenvalue weighted by Gasteiger charge is -2.21. The molecule has 0 aromatic carbocycles. The molecular weight excluding hydrogens is 160 g/mol. The number of terminal acetylenes is 1. The quantitative estimate of drug-likeness (QED) is 0.704. The number of nitrogens with one attached hydrogen (secondary N) is 1. The smallest absolute Gasteiger partial charge is 0.182 e. The molecule has 1 rings (SSSR count). The van der Waals surface area contributed by atoms with Crippen LogP contribution in [-0.2, 0) is 5.41 Å². The van der Waals surface area contributed by atoms with Gasteiger partial charge in [0.15, 0.2) is 5.82 Å². The molecule has 13 heavy (non-hydrogen) atoms. The lowest BCUT2D eigenvalue weighted by Crippen LogP contribution is -2.17.